The normalized spacial score (nSPS) is 24.8. The van der Waals surface area contributed by atoms with Crippen LogP contribution >= 0.6 is 0 Å². The summed E-state index contributed by atoms with van der Waals surface area (Å²) in [7, 11) is 0. The van der Waals surface area contributed by atoms with Gasteiger partial charge < -0.3 is 9.64 Å². The molecule has 23 heavy (non-hydrogen) atoms. The Labute approximate surface area is 139 Å². The molecule has 1 amide bonds. The number of aromatic nitrogens is 2. The third kappa shape index (κ3) is 3.44. The van der Waals surface area contributed by atoms with E-state index in [0.29, 0.717) is 24.7 Å². The van der Waals surface area contributed by atoms with Crippen LogP contribution in [0, 0.1) is 0 Å². The molecule has 0 radical (unpaired) electrons. The van der Waals surface area contributed by atoms with Crippen LogP contribution in [-0.4, -0.2) is 45.4 Å². The summed E-state index contributed by atoms with van der Waals surface area (Å²) in [5.74, 6) is 0.618. The quantitative estimate of drug-likeness (QED) is 0.841. The molecule has 2 heterocycles. The Kier molecular flexibility index (Phi) is 3.82. The molecule has 3 rings (SSSR count). The van der Waals surface area contributed by atoms with E-state index in [1.54, 1.807) is 0 Å². The van der Waals surface area contributed by atoms with Crippen LogP contribution in [0.25, 0.3) is 0 Å². The maximum atomic E-state index is 13.2. The van der Waals surface area contributed by atoms with Gasteiger partial charge in [0.25, 0.3) is 5.91 Å². The molecule has 2 aliphatic rings. The molecule has 1 saturated heterocycles. The van der Waals surface area contributed by atoms with Gasteiger partial charge in [0.1, 0.15) is 5.69 Å². The van der Waals surface area contributed by atoms with Gasteiger partial charge in [-0.3, -0.25) is 9.48 Å². The van der Waals surface area contributed by atoms with Crippen LogP contribution in [0.4, 0.5) is 0 Å². The van der Waals surface area contributed by atoms with E-state index >= 15 is 0 Å². The van der Waals surface area contributed by atoms with Crippen molar-refractivity contribution < 1.29 is 9.53 Å². The number of morpholine rings is 1. The zero-order chi connectivity index (χ0) is 17.0. The Balaban J connectivity index is 1.92. The minimum atomic E-state index is -0.306. The van der Waals surface area contributed by atoms with E-state index in [-0.39, 0.29) is 23.2 Å². The van der Waals surface area contributed by atoms with Gasteiger partial charge in [0.05, 0.1) is 22.9 Å². The van der Waals surface area contributed by atoms with Gasteiger partial charge in [-0.05, 0) is 60.5 Å². The van der Waals surface area contributed by atoms with Crippen molar-refractivity contribution in [1.29, 1.82) is 0 Å². The summed E-state index contributed by atoms with van der Waals surface area (Å²) in [6, 6.07) is 2.01. The number of hydrogen-bond donors (Lipinski definition) is 0. The Morgan fingerprint density at radius 2 is 2.00 bits per heavy atom. The van der Waals surface area contributed by atoms with Gasteiger partial charge in [-0.1, -0.05) is 0 Å². The van der Waals surface area contributed by atoms with Gasteiger partial charge in [0.2, 0.25) is 0 Å². The number of hydrogen-bond acceptors (Lipinski definition) is 3. The van der Waals surface area contributed by atoms with Crippen LogP contribution in [-0.2, 0) is 10.3 Å². The summed E-state index contributed by atoms with van der Waals surface area (Å²) in [6.07, 6.45) is 2.43. The molecule has 1 aliphatic heterocycles. The zero-order valence-corrected chi connectivity index (χ0v) is 15.2. The lowest BCUT2D eigenvalue weighted by atomic mass is 10.0. The average molecular weight is 319 g/mol. The lowest BCUT2D eigenvalue weighted by Crippen LogP contribution is -2.54. The van der Waals surface area contributed by atoms with E-state index in [9.17, 15) is 4.79 Å². The van der Waals surface area contributed by atoms with Gasteiger partial charge in [0, 0.05) is 19.0 Å². The number of nitrogens with zero attached hydrogens (tertiary/aromatic N) is 3. The second-order valence-corrected chi connectivity index (χ2v) is 8.69. The first-order valence-corrected chi connectivity index (χ1v) is 8.64. The van der Waals surface area contributed by atoms with E-state index < -0.39 is 0 Å². The van der Waals surface area contributed by atoms with Crippen LogP contribution < -0.4 is 0 Å². The molecule has 1 aromatic rings. The zero-order valence-electron chi connectivity index (χ0n) is 15.2. The second-order valence-electron chi connectivity index (χ2n) is 8.69. The highest BCUT2D eigenvalue weighted by molar-refractivity contribution is 5.93. The predicted molar refractivity (Wildman–Crippen MR) is 89.7 cm³/mol. The predicted octanol–water partition coefficient (Wildman–Crippen LogP) is 3.16. The average Bonchev–Trinajstić information content (AvgIpc) is 3.13. The highest BCUT2D eigenvalue weighted by Gasteiger charge is 2.37. The van der Waals surface area contributed by atoms with Crippen LogP contribution in [0.15, 0.2) is 6.07 Å². The number of amides is 1. The summed E-state index contributed by atoms with van der Waals surface area (Å²) in [5, 5.41) is 4.75. The van der Waals surface area contributed by atoms with Crippen molar-refractivity contribution in [3.05, 3.63) is 17.5 Å². The summed E-state index contributed by atoms with van der Waals surface area (Å²) < 4.78 is 7.84. The fraction of sp³-hybridized carbons (Fsp3) is 0.778. The first-order chi connectivity index (χ1) is 10.6. The van der Waals surface area contributed by atoms with E-state index in [0.717, 1.165) is 5.69 Å². The van der Waals surface area contributed by atoms with Gasteiger partial charge in [0.15, 0.2) is 0 Å². The molecule has 1 atom stereocenters. The van der Waals surface area contributed by atoms with Crippen molar-refractivity contribution in [2.45, 2.75) is 77.5 Å². The Morgan fingerprint density at radius 3 is 2.52 bits per heavy atom. The molecular formula is C18H29N3O2. The number of carbonyl (C=O) groups is 1. The molecule has 5 heteroatoms. The molecule has 0 unspecified atom stereocenters. The summed E-state index contributed by atoms with van der Waals surface area (Å²) in [4.78, 5) is 15.1. The summed E-state index contributed by atoms with van der Waals surface area (Å²) in [6.45, 7) is 13.6. The second kappa shape index (κ2) is 5.33. The molecule has 0 N–H and O–H groups in total. The number of carbonyl (C=O) groups excluding carboxylic acids is 1. The van der Waals surface area contributed by atoms with Crippen molar-refractivity contribution in [3.63, 3.8) is 0 Å². The highest BCUT2D eigenvalue weighted by Crippen LogP contribution is 2.40. The van der Waals surface area contributed by atoms with Gasteiger partial charge in [-0.15, -0.1) is 0 Å². The fourth-order valence-electron chi connectivity index (χ4n) is 3.41. The van der Waals surface area contributed by atoms with Crippen LogP contribution in [0.1, 0.15) is 76.5 Å². The minimum Gasteiger partial charge on any atom is -0.369 e. The fourth-order valence-corrected chi connectivity index (χ4v) is 3.41. The lowest BCUT2D eigenvalue weighted by Gasteiger charge is -2.41. The molecule has 1 aliphatic carbocycles. The van der Waals surface area contributed by atoms with Crippen LogP contribution in [0.5, 0.6) is 0 Å². The summed E-state index contributed by atoms with van der Waals surface area (Å²) in [5.41, 5.74) is 1.28. The molecule has 5 nitrogen and oxygen atoms in total. The van der Waals surface area contributed by atoms with E-state index in [4.69, 9.17) is 9.84 Å². The molecular weight excluding hydrogens is 290 g/mol. The Hall–Kier alpha value is -1.36. The van der Waals surface area contributed by atoms with Crippen molar-refractivity contribution in [3.8, 4) is 0 Å². The molecule has 0 aromatic carbocycles. The molecule has 0 spiro atoms. The van der Waals surface area contributed by atoms with E-state index in [2.05, 4.69) is 20.8 Å². The van der Waals surface area contributed by atoms with Gasteiger partial charge in [-0.25, -0.2) is 0 Å². The maximum absolute atomic E-state index is 13.2. The first-order valence-electron chi connectivity index (χ1n) is 8.64. The molecule has 1 saturated carbocycles. The molecule has 128 valence electrons. The first kappa shape index (κ1) is 16.5. The highest BCUT2D eigenvalue weighted by atomic mass is 16.5. The van der Waals surface area contributed by atoms with Gasteiger partial charge in [-0.2, -0.15) is 5.10 Å². The summed E-state index contributed by atoms with van der Waals surface area (Å²) >= 11 is 0. The largest absolute Gasteiger partial charge is 0.369 e. The van der Waals surface area contributed by atoms with E-state index in [1.165, 1.54) is 12.8 Å². The smallest absolute Gasteiger partial charge is 0.272 e. The van der Waals surface area contributed by atoms with Crippen molar-refractivity contribution >= 4 is 5.91 Å². The topological polar surface area (TPSA) is 47.4 Å². The van der Waals surface area contributed by atoms with Crippen molar-refractivity contribution in [2.24, 2.45) is 0 Å². The number of ether oxygens (including phenoxy) is 1. The molecule has 1 aromatic heterocycles. The molecule has 0 bridgehead atoms. The van der Waals surface area contributed by atoms with Crippen molar-refractivity contribution in [2.75, 3.05) is 13.1 Å². The number of rotatable bonds is 2. The monoisotopic (exact) mass is 319 g/mol. The maximum Gasteiger partial charge on any atom is 0.272 e. The van der Waals surface area contributed by atoms with Gasteiger partial charge >= 0.3 is 0 Å². The SMILES string of the molecule is C[C@@H]1CN(C(=O)c2cc(C3CC3)nn2C(C)(C)C)CC(C)(C)O1. The Morgan fingerprint density at radius 1 is 1.35 bits per heavy atom. The lowest BCUT2D eigenvalue weighted by molar-refractivity contribution is -0.119. The Bertz CT molecular complexity index is 608. The third-order valence-corrected chi connectivity index (χ3v) is 4.43. The molecule has 2 fully saturated rings. The third-order valence-electron chi connectivity index (χ3n) is 4.43. The van der Waals surface area contributed by atoms with Crippen LogP contribution in [0.3, 0.4) is 0 Å². The standard InChI is InChI=1S/C18H29N3O2/c1-12-10-20(11-18(5,6)23-12)16(22)15-9-14(13-7-8-13)19-21(15)17(2,3)4/h9,12-13H,7-8,10-11H2,1-6H3/t12-/m1/s1. The minimum absolute atomic E-state index is 0.0524. The van der Waals surface area contributed by atoms with E-state index in [1.807, 2.05) is 36.4 Å². The van der Waals surface area contributed by atoms with Crippen LogP contribution in [0.2, 0.25) is 0 Å². The van der Waals surface area contributed by atoms with Crippen molar-refractivity contribution in [1.82, 2.24) is 14.7 Å².